The molecule has 80 heavy (non-hydrogen) atoms. The van der Waals surface area contributed by atoms with E-state index in [1.54, 1.807) is 86.3 Å². The fraction of sp³-hybridized carbons (Fsp3) is 0.469. The molecule has 2 aliphatic carbocycles. The van der Waals surface area contributed by atoms with E-state index in [9.17, 15) is 38.4 Å². The van der Waals surface area contributed by atoms with E-state index < -0.39 is 36.3 Å². The molecule has 0 radical (unpaired) electrons. The van der Waals surface area contributed by atoms with E-state index in [4.69, 9.17) is 0 Å². The first-order valence-corrected chi connectivity index (χ1v) is 28.8. The minimum atomic E-state index is -0.998. The molecule has 2 saturated heterocycles. The van der Waals surface area contributed by atoms with Crippen molar-refractivity contribution in [2.45, 2.75) is 165 Å². The summed E-state index contributed by atoms with van der Waals surface area (Å²) in [5, 5.41) is 17.3. The maximum absolute atomic E-state index is 14.2. The molecule has 2 heterocycles. The Morgan fingerprint density at radius 1 is 0.512 bits per heavy atom. The van der Waals surface area contributed by atoms with Crippen molar-refractivity contribution in [1.29, 1.82) is 0 Å². The lowest BCUT2D eigenvalue weighted by Crippen LogP contribution is -2.54. The Kier molecular flexibility index (Phi) is 20.6. The molecule has 0 aromatic heterocycles. The number of fused-ring (bicyclic) bond motifs is 2. The van der Waals surface area contributed by atoms with Gasteiger partial charge in [-0.1, -0.05) is 60.4 Å². The van der Waals surface area contributed by atoms with Crippen molar-refractivity contribution in [3.8, 4) is 11.8 Å². The molecule has 4 aromatic rings. The van der Waals surface area contributed by atoms with E-state index in [1.165, 1.54) is 22.3 Å². The number of hydrogen-bond acceptors (Lipinski definition) is 10. The molecule has 8 rings (SSSR count). The molecule has 4 aliphatic rings. The number of hydrogen-bond donors (Lipinski definition) is 6. The number of aryl methyl sites for hydroxylation is 2. The standard InChI is InChI=1S/C64H78N8O8/c1-41(65-3)61(77)69-53(63(79)71-37-11-21-55(71)57(73)39-47-17-9-15-45-13-5-7-19-51(45)47)33-35-59(75)67-49-29-25-43(26-30-49)23-24-44-27-31-50(32-28-44)68-60(76)36-34-54(70-62(78)42(2)66-4)64(80)72-38-12-22-56(72)58(74)40-48-18-10-16-46-14-6-8-20-52(46)48/h5-8,13-14,19-20,25-32,41-42,47-48,53-56,65-66H,9-12,15-18,21-22,33-40H2,1-4H3,(H,67,75)(H,68,76)(H,69,77)(H,70,78)/t41-,42-,47-,48-,53-,54-,55-,56-/m0/s1. The summed E-state index contributed by atoms with van der Waals surface area (Å²) in [5.74, 6) is 4.41. The van der Waals surface area contributed by atoms with Gasteiger partial charge in [-0.05, 0) is 188 Å². The minimum Gasteiger partial charge on any atom is -0.343 e. The van der Waals surface area contributed by atoms with Gasteiger partial charge in [0.1, 0.15) is 12.1 Å². The van der Waals surface area contributed by atoms with Gasteiger partial charge in [0.25, 0.3) is 0 Å². The molecule has 2 aliphatic heterocycles. The number of carbonyl (C=O) groups is 8. The zero-order valence-corrected chi connectivity index (χ0v) is 46.7. The zero-order chi connectivity index (χ0) is 56.7. The number of Topliss-reactive ketones (excluding diaryl/α,β-unsaturated/α-hetero) is 2. The Morgan fingerprint density at radius 2 is 0.900 bits per heavy atom. The van der Waals surface area contributed by atoms with Crippen molar-refractivity contribution in [1.82, 2.24) is 31.1 Å². The fourth-order valence-electron chi connectivity index (χ4n) is 11.8. The average molecular weight is 1090 g/mol. The third-order valence-electron chi connectivity index (χ3n) is 16.6. The number of benzene rings is 4. The van der Waals surface area contributed by atoms with E-state index >= 15 is 0 Å². The first-order valence-electron chi connectivity index (χ1n) is 28.8. The maximum Gasteiger partial charge on any atom is 0.245 e. The number of amides is 6. The molecule has 2 fully saturated rings. The molecule has 0 unspecified atom stereocenters. The van der Waals surface area contributed by atoms with E-state index in [0.29, 0.717) is 74.1 Å². The third-order valence-corrected chi connectivity index (χ3v) is 16.6. The number of anilines is 2. The summed E-state index contributed by atoms with van der Waals surface area (Å²) in [6, 6.07) is 26.3. The number of nitrogens with one attached hydrogen (secondary N) is 6. The van der Waals surface area contributed by atoms with Crippen LogP contribution in [-0.4, -0.2) is 120 Å². The van der Waals surface area contributed by atoms with Gasteiger partial charge in [-0.2, -0.15) is 0 Å². The summed E-state index contributed by atoms with van der Waals surface area (Å²) in [4.78, 5) is 112. The summed E-state index contributed by atoms with van der Waals surface area (Å²) >= 11 is 0. The van der Waals surface area contributed by atoms with Crippen molar-refractivity contribution < 1.29 is 38.4 Å². The van der Waals surface area contributed by atoms with Crippen LogP contribution >= 0.6 is 0 Å². The van der Waals surface area contributed by atoms with Gasteiger partial charge in [-0.15, -0.1) is 0 Å². The largest absolute Gasteiger partial charge is 0.343 e. The van der Waals surface area contributed by atoms with Crippen molar-refractivity contribution in [2.24, 2.45) is 0 Å². The van der Waals surface area contributed by atoms with Gasteiger partial charge in [-0.3, -0.25) is 38.4 Å². The van der Waals surface area contributed by atoms with Gasteiger partial charge in [-0.25, -0.2) is 0 Å². The zero-order valence-electron chi connectivity index (χ0n) is 46.7. The monoisotopic (exact) mass is 1090 g/mol. The highest BCUT2D eigenvalue weighted by Crippen LogP contribution is 2.37. The number of ketones is 2. The summed E-state index contributed by atoms with van der Waals surface area (Å²) in [6.45, 7) is 4.20. The lowest BCUT2D eigenvalue weighted by Gasteiger charge is -2.31. The van der Waals surface area contributed by atoms with Crippen LogP contribution in [0.1, 0.15) is 149 Å². The van der Waals surface area contributed by atoms with Crippen LogP contribution < -0.4 is 31.9 Å². The molecule has 8 atom stereocenters. The van der Waals surface area contributed by atoms with Crippen molar-refractivity contribution >= 4 is 58.4 Å². The summed E-state index contributed by atoms with van der Waals surface area (Å²) in [7, 11) is 3.31. The predicted octanol–water partition coefficient (Wildman–Crippen LogP) is 6.85. The number of carbonyl (C=O) groups excluding carboxylic acids is 8. The lowest BCUT2D eigenvalue weighted by atomic mass is 9.79. The molecular formula is C64H78N8O8. The number of likely N-dealkylation sites (N-methyl/N-ethyl adjacent to an activating group) is 2. The Bertz CT molecular complexity index is 2750. The van der Waals surface area contributed by atoms with E-state index in [-0.39, 0.29) is 84.5 Å². The van der Waals surface area contributed by atoms with Crippen LogP contribution in [0.5, 0.6) is 0 Å². The van der Waals surface area contributed by atoms with Gasteiger partial charge < -0.3 is 41.7 Å². The van der Waals surface area contributed by atoms with Gasteiger partial charge in [0, 0.05) is 61.3 Å². The molecule has 0 bridgehead atoms. The number of likely N-dealkylation sites (tertiary alicyclic amines) is 2. The highest BCUT2D eigenvalue weighted by atomic mass is 16.2. The molecule has 0 spiro atoms. The van der Waals surface area contributed by atoms with Crippen LogP contribution in [0.2, 0.25) is 0 Å². The fourth-order valence-corrected chi connectivity index (χ4v) is 11.8. The Labute approximate surface area is 470 Å². The van der Waals surface area contributed by atoms with Crippen LogP contribution in [0.3, 0.4) is 0 Å². The van der Waals surface area contributed by atoms with E-state index in [0.717, 1.165) is 38.5 Å². The first kappa shape index (κ1) is 58.7. The second kappa shape index (κ2) is 28.1. The van der Waals surface area contributed by atoms with Crippen LogP contribution in [-0.2, 0) is 51.2 Å². The quantitative estimate of drug-likeness (QED) is 0.0451. The first-order chi connectivity index (χ1) is 38.7. The smallest absolute Gasteiger partial charge is 0.245 e. The van der Waals surface area contributed by atoms with Crippen LogP contribution in [0.4, 0.5) is 11.4 Å². The molecular weight excluding hydrogens is 1010 g/mol. The third kappa shape index (κ3) is 15.2. The van der Waals surface area contributed by atoms with Crippen molar-refractivity contribution in [2.75, 3.05) is 37.8 Å². The van der Waals surface area contributed by atoms with Crippen molar-refractivity contribution in [3.05, 3.63) is 130 Å². The van der Waals surface area contributed by atoms with Gasteiger partial charge >= 0.3 is 0 Å². The molecule has 16 heteroatoms. The summed E-state index contributed by atoms with van der Waals surface area (Å²) in [6.07, 6.45) is 9.11. The van der Waals surface area contributed by atoms with Gasteiger partial charge in [0.2, 0.25) is 35.4 Å². The Morgan fingerprint density at radius 3 is 1.29 bits per heavy atom. The number of rotatable bonds is 22. The van der Waals surface area contributed by atoms with Gasteiger partial charge in [0.05, 0.1) is 24.2 Å². The lowest BCUT2D eigenvalue weighted by molar-refractivity contribution is -0.141. The topological polar surface area (TPSA) is 215 Å². The van der Waals surface area contributed by atoms with E-state index in [1.807, 2.05) is 24.3 Å². The molecule has 0 saturated carbocycles. The van der Waals surface area contributed by atoms with Crippen molar-refractivity contribution in [3.63, 3.8) is 0 Å². The summed E-state index contributed by atoms with van der Waals surface area (Å²) in [5.41, 5.74) is 7.44. The molecule has 6 amide bonds. The predicted molar refractivity (Wildman–Crippen MR) is 308 cm³/mol. The summed E-state index contributed by atoms with van der Waals surface area (Å²) < 4.78 is 0. The molecule has 4 aromatic carbocycles. The SMILES string of the molecule is CN[C@@H](C)C(=O)N[C@@H](CCC(=O)Nc1ccc(C#Cc2ccc(NC(=O)CC[C@H](NC(=O)[C@H](C)NC)C(=O)N3CCC[C@H]3C(=O)C[C@@H]3CCCc4ccccc43)cc2)cc1)C(=O)N1CCC[C@H]1C(=O)C[C@@H]1CCCc2ccccc21. The number of nitrogens with zero attached hydrogens (tertiary/aromatic N) is 2. The normalized spacial score (nSPS) is 19.9. The highest BCUT2D eigenvalue weighted by Gasteiger charge is 2.41. The molecule has 6 N–H and O–H groups in total. The molecule has 422 valence electrons. The van der Waals surface area contributed by atoms with Crippen LogP contribution in [0, 0.1) is 11.8 Å². The second-order valence-corrected chi connectivity index (χ2v) is 22.0. The minimum absolute atomic E-state index is 0.0355. The Balaban J connectivity index is 0.815. The van der Waals surface area contributed by atoms with Crippen LogP contribution in [0.15, 0.2) is 97.1 Å². The average Bonchev–Trinajstić information content (AvgIpc) is 4.19. The molecule has 16 nitrogen and oxygen atoms in total. The van der Waals surface area contributed by atoms with Crippen LogP contribution in [0.25, 0.3) is 0 Å². The van der Waals surface area contributed by atoms with Gasteiger partial charge in [0.15, 0.2) is 11.6 Å². The second-order valence-electron chi connectivity index (χ2n) is 22.0. The maximum atomic E-state index is 14.2. The Hall–Kier alpha value is -7.48. The highest BCUT2D eigenvalue weighted by molar-refractivity contribution is 5.97. The van der Waals surface area contributed by atoms with E-state index in [2.05, 4.69) is 68.0 Å².